The maximum absolute atomic E-state index is 5.53. The van der Waals surface area contributed by atoms with Crippen molar-refractivity contribution in [2.24, 2.45) is 5.73 Å². The summed E-state index contributed by atoms with van der Waals surface area (Å²) >= 11 is 0. The Labute approximate surface area is 107 Å². The van der Waals surface area contributed by atoms with E-state index in [1.54, 1.807) is 0 Å². The summed E-state index contributed by atoms with van der Waals surface area (Å²) in [6.45, 7) is 4.59. The highest BCUT2D eigenvalue weighted by Crippen LogP contribution is 2.19. The number of nitrogens with zero attached hydrogens (tertiary/aromatic N) is 2. The molecule has 17 heavy (non-hydrogen) atoms. The molecule has 0 fully saturated rings. The van der Waals surface area contributed by atoms with E-state index in [4.69, 9.17) is 10.3 Å². The molecule has 0 radical (unpaired) electrons. The Hall–Kier alpha value is -1.39. The molecule has 0 saturated carbocycles. The molecule has 0 unspecified atom stereocenters. The van der Waals surface area contributed by atoms with Crippen molar-refractivity contribution in [3.8, 4) is 11.4 Å². The molecule has 0 amide bonds. The molecule has 5 heteroatoms. The zero-order valence-electron chi connectivity index (χ0n) is 9.88. The van der Waals surface area contributed by atoms with Gasteiger partial charge in [0.05, 0.1) is 0 Å². The molecule has 2 aromatic rings. The highest BCUT2D eigenvalue weighted by molar-refractivity contribution is 5.85. The fourth-order valence-corrected chi connectivity index (χ4v) is 1.38. The third-order valence-corrected chi connectivity index (χ3v) is 2.38. The van der Waals surface area contributed by atoms with E-state index >= 15 is 0 Å². The zero-order valence-corrected chi connectivity index (χ0v) is 10.7. The third-order valence-electron chi connectivity index (χ3n) is 2.38. The van der Waals surface area contributed by atoms with Crippen LogP contribution in [0.15, 0.2) is 28.8 Å². The van der Waals surface area contributed by atoms with Crippen LogP contribution in [0.5, 0.6) is 0 Å². The van der Waals surface area contributed by atoms with Gasteiger partial charge in [0.2, 0.25) is 11.7 Å². The Morgan fingerprint density at radius 1 is 1.24 bits per heavy atom. The minimum absolute atomic E-state index is 0. The number of rotatable bonds is 3. The quantitative estimate of drug-likeness (QED) is 0.914. The maximum Gasteiger partial charge on any atom is 0.229 e. The first-order valence-electron chi connectivity index (χ1n) is 5.33. The van der Waals surface area contributed by atoms with Crippen LogP contribution >= 0.6 is 12.4 Å². The first-order valence-corrected chi connectivity index (χ1v) is 5.33. The highest BCUT2D eigenvalue weighted by Gasteiger charge is 2.10. The average Bonchev–Trinajstić information content (AvgIpc) is 2.78. The summed E-state index contributed by atoms with van der Waals surface area (Å²) in [7, 11) is 0. The lowest BCUT2D eigenvalue weighted by Gasteiger charge is -1.97. The van der Waals surface area contributed by atoms with E-state index in [9.17, 15) is 0 Å². The SMILES string of the molecule is CC(C)c1nc(-c2ccc(CN)cc2)no1.Cl. The van der Waals surface area contributed by atoms with Gasteiger partial charge in [0.25, 0.3) is 0 Å². The van der Waals surface area contributed by atoms with Gasteiger partial charge in [0.1, 0.15) is 0 Å². The lowest BCUT2D eigenvalue weighted by atomic mass is 10.1. The molecule has 1 aromatic carbocycles. The van der Waals surface area contributed by atoms with Crippen molar-refractivity contribution in [1.29, 1.82) is 0 Å². The van der Waals surface area contributed by atoms with Crippen LogP contribution in [0.3, 0.4) is 0 Å². The van der Waals surface area contributed by atoms with E-state index in [1.165, 1.54) is 0 Å². The lowest BCUT2D eigenvalue weighted by Crippen LogP contribution is -1.95. The maximum atomic E-state index is 5.53. The molecule has 2 N–H and O–H groups in total. The Morgan fingerprint density at radius 3 is 2.35 bits per heavy atom. The molecule has 4 nitrogen and oxygen atoms in total. The predicted molar refractivity (Wildman–Crippen MR) is 69.0 cm³/mol. The number of halogens is 1. The smallest absolute Gasteiger partial charge is 0.229 e. The highest BCUT2D eigenvalue weighted by atomic mass is 35.5. The van der Waals surface area contributed by atoms with Crippen LogP contribution in [-0.4, -0.2) is 10.1 Å². The molecule has 0 aliphatic carbocycles. The number of aromatic nitrogens is 2. The molecule has 0 aliphatic heterocycles. The van der Waals surface area contributed by atoms with Gasteiger partial charge in [-0.1, -0.05) is 43.3 Å². The number of hydrogen-bond acceptors (Lipinski definition) is 4. The van der Waals surface area contributed by atoms with Crippen molar-refractivity contribution in [2.75, 3.05) is 0 Å². The molecule has 0 aliphatic rings. The molecule has 1 aromatic heterocycles. The fourth-order valence-electron chi connectivity index (χ4n) is 1.38. The zero-order chi connectivity index (χ0) is 11.5. The number of hydrogen-bond donors (Lipinski definition) is 1. The molecule has 0 atom stereocenters. The van der Waals surface area contributed by atoms with Gasteiger partial charge >= 0.3 is 0 Å². The molecule has 0 saturated heterocycles. The van der Waals surface area contributed by atoms with Crippen LogP contribution in [0.1, 0.15) is 31.2 Å². The van der Waals surface area contributed by atoms with Crippen molar-refractivity contribution in [1.82, 2.24) is 10.1 Å². The number of benzene rings is 1. The van der Waals surface area contributed by atoms with Crippen LogP contribution in [0.4, 0.5) is 0 Å². The second kappa shape index (κ2) is 5.80. The van der Waals surface area contributed by atoms with Crippen LogP contribution < -0.4 is 5.73 Å². The minimum Gasteiger partial charge on any atom is -0.339 e. The molecular weight excluding hydrogens is 238 g/mol. The summed E-state index contributed by atoms with van der Waals surface area (Å²) in [5, 5.41) is 3.95. The van der Waals surface area contributed by atoms with Gasteiger partial charge in [-0.25, -0.2) is 0 Å². The second-order valence-corrected chi connectivity index (χ2v) is 4.01. The molecular formula is C12H16ClN3O. The lowest BCUT2D eigenvalue weighted by molar-refractivity contribution is 0.365. The Morgan fingerprint density at radius 2 is 1.88 bits per heavy atom. The van der Waals surface area contributed by atoms with Gasteiger partial charge in [-0.2, -0.15) is 4.98 Å². The van der Waals surface area contributed by atoms with E-state index in [2.05, 4.69) is 10.1 Å². The van der Waals surface area contributed by atoms with Crippen molar-refractivity contribution in [3.05, 3.63) is 35.7 Å². The molecule has 0 bridgehead atoms. The van der Waals surface area contributed by atoms with Crippen LogP contribution in [0, 0.1) is 0 Å². The molecule has 2 rings (SSSR count). The Balaban J connectivity index is 0.00000144. The molecule has 1 heterocycles. The van der Waals surface area contributed by atoms with Crippen LogP contribution in [-0.2, 0) is 6.54 Å². The Kier molecular flexibility index (Phi) is 4.66. The van der Waals surface area contributed by atoms with Gasteiger partial charge < -0.3 is 10.3 Å². The van der Waals surface area contributed by atoms with Gasteiger partial charge in [-0.15, -0.1) is 12.4 Å². The van der Waals surface area contributed by atoms with E-state index in [-0.39, 0.29) is 18.3 Å². The predicted octanol–water partition coefficient (Wildman–Crippen LogP) is 2.74. The molecule has 92 valence electrons. The first kappa shape index (κ1) is 13.7. The van der Waals surface area contributed by atoms with Gasteiger partial charge in [-0.05, 0) is 5.56 Å². The summed E-state index contributed by atoms with van der Waals surface area (Å²) in [5.74, 6) is 1.55. The van der Waals surface area contributed by atoms with Crippen molar-refractivity contribution in [3.63, 3.8) is 0 Å². The van der Waals surface area contributed by atoms with E-state index in [1.807, 2.05) is 38.1 Å². The summed E-state index contributed by atoms with van der Waals surface area (Å²) in [4.78, 5) is 4.33. The third kappa shape index (κ3) is 3.05. The standard InChI is InChI=1S/C12H15N3O.ClH/c1-8(2)12-14-11(15-16-12)10-5-3-9(7-13)4-6-10;/h3-6,8H,7,13H2,1-2H3;1H. The normalized spacial score (nSPS) is 10.4. The minimum atomic E-state index is 0. The van der Waals surface area contributed by atoms with Crippen molar-refractivity contribution in [2.45, 2.75) is 26.3 Å². The van der Waals surface area contributed by atoms with E-state index in [0.717, 1.165) is 11.1 Å². The summed E-state index contributed by atoms with van der Waals surface area (Å²) in [5.41, 5.74) is 7.58. The summed E-state index contributed by atoms with van der Waals surface area (Å²) in [6.07, 6.45) is 0. The topological polar surface area (TPSA) is 64.9 Å². The van der Waals surface area contributed by atoms with E-state index < -0.39 is 0 Å². The monoisotopic (exact) mass is 253 g/mol. The van der Waals surface area contributed by atoms with Crippen LogP contribution in [0.2, 0.25) is 0 Å². The van der Waals surface area contributed by atoms with Gasteiger partial charge in [0, 0.05) is 18.0 Å². The van der Waals surface area contributed by atoms with Crippen molar-refractivity contribution >= 4 is 12.4 Å². The van der Waals surface area contributed by atoms with Crippen LogP contribution in [0.25, 0.3) is 11.4 Å². The largest absolute Gasteiger partial charge is 0.339 e. The van der Waals surface area contributed by atoms with E-state index in [0.29, 0.717) is 18.3 Å². The summed E-state index contributed by atoms with van der Waals surface area (Å²) in [6, 6.07) is 7.86. The Bertz CT molecular complexity index is 465. The van der Waals surface area contributed by atoms with Gasteiger partial charge in [-0.3, -0.25) is 0 Å². The second-order valence-electron chi connectivity index (χ2n) is 4.01. The van der Waals surface area contributed by atoms with Crippen molar-refractivity contribution < 1.29 is 4.52 Å². The fraction of sp³-hybridized carbons (Fsp3) is 0.333. The first-order chi connectivity index (χ1) is 7.70. The van der Waals surface area contributed by atoms with Gasteiger partial charge in [0.15, 0.2) is 0 Å². The average molecular weight is 254 g/mol. The molecule has 0 spiro atoms. The number of nitrogens with two attached hydrogens (primary N) is 1. The summed E-state index contributed by atoms with van der Waals surface area (Å²) < 4.78 is 5.15.